The molecule has 1 heterocycles. The van der Waals surface area contributed by atoms with Gasteiger partial charge in [0.2, 0.25) is 0 Å². The maximum atomic E-state index is 10.6. The first-order valence-electron chi connectivity index (χ1n) is 4.80. The summed E-state index contributed by atoms with van der Waals surface area (Å²) in [5.41, 5.74) is 1.45. The minimum Gasteiger partial charge on any atom is -0.296 e. The van der Waals surface area contributed by atoms with Crippen molar-refractivity contribution < 1.29 is 4.79 Å². The Kier molecular flexibility index (Phi) is 4.13. The summed E-state index contributed by atoms with van der Waals surface area (Å²) in [4.78, 5) is 14.5. The van der Waals surface area contributed by atoms with Crippen molar-refractivity contribution in [3.8, 4) is 11.1 Å². The Labute approximate surface area is 123 Å². The normalized spacial score (nSPS) is 10.4. The fourth-order valence-electron chi connectivity index (χ4n) is 1.45. The maximum absolute atomic E-state index is 10.6. The molecule has 2 rings (SSSR count). The van der Waals surface area contributed by atoms with Gasteiger partial charge in [0.1, 0.15) is 10.8 Å². The second kappa shape index (κ2) is 5.45. The van der Waals surface area contributed by atoms with E-state index >= 15 is 0 Å². The van der Waals surface area contributed by atoms with E-state index in [0.29, 0.717) is 27.5 Å². The van der Waals surface area contributed by atoms with Crippen molar-refractivity contribution in [3.05, 3.63) is 50.2 Å². The van der Waals surface area contributed by atoms with Gasteiger partial charge in [-0.15, -0.1) is 0 Å². The number of carbonyl (C=O) groups excluding carboxylic acids is 1. The van der Waals surface area contributed by atoms with Crippen molar-refractivity contribution in [2.45, 2.75) is 0 Å². The minimum absolute atomic E-state index is 0.180. The molecule has 0 atom stereocenters. The fourth-order valence-corrected chi connectivity index (χ4v) is 2.35. The zero-order valence-electron chi connectivity index (χ0n) is 8.75. The van der Waals surface area contributed by atoms with Crippen molar-refractivity contribution in [3.63, 3.8) is 0 Å². The van der Waals surface area contributed by atoms with Crippen LogP contribution in [-0.2, 0) is 0 Å². The van der Waals surface area contributed by atoms with E-state index in [2.05, 4.69) is 4.98 Å². The molecule has 2 aromatic rings. The molecule has 0 radical (unpaired) electrons. The molecule has 0 amide bonds. The van der Waals surface area contributed by atoms with Crippen LogP contribution < -0.4 is 0 Å². The quantitative estimate of drug-likeness (QED) is 0.434. The zero-order chi connectivity index (χ0) is 13.3. The van der Waals surface area contributed by atoms with E-state index in [1.165, 1.54) is 0 Å². The molecule has 0 aliphatic rings. The number of benzene rings is 1. The van der Waals surface area contributed by atoms with Crippen molar-refractivity contribution >= 4 is 52.7 Å². The molecule has 0 spiro atoms. The number of nitrogens with zero attached hydrogens (tertiary/aromatic N) is 1. The number of carbonyl (C=O) groups is 1. The average molecular weight is 321 g/mol. The molecule has 92 valence electrons. The Bertz CT molecular complexity index is 628. The highest BCUT2D eigenvalue weighted by Gasteiger charge is 2.13. The van der Waals surface area contributed by atoms with Gasteiger partial charge in [0.05, 0.1) is 15.1 Å². The highest BCUT2D eigenvalue weighted by molar-refractivity contribution is 6.49. The van der Waals surface area contributed by atoms with Crippen LogP contribution in [0, 0.1) is 0 Å². The number of aldehydes is 1. The standard InChI is InChI=1S/C12H5Cl4NO/c13-9-4-3-7(10(14)11(9)15)8-2-1-6(5-18)17-12(8)16/h1-5H. The van der Waals surface area contributed by atoms with E-state index in [4.69, 9.17) is 46.4 Å². The van der Waals surface area contributed by atoms with Gasteiger partial charge in [-0.2, -0.15) is 0 Å². The molecule has 0 unspecified atom stereocenters. The van der Waals surface area contributed by atoms with Gasteiger partial charge in [0, 0.05) is 11.1 Å². The van der Waals surface area contributed by atoms with E-state index in [9.17, 15) is 4.79 Å². The van der Waals surface area contributed by atoms with Gasteiger partial charge >= 0.3 is 0 Å². The van der Waals surface area contributed by atoms with Crippen LogP contribution in [0.2, 0.25) is 20.2 Å². The lowest BCUT2D eigenvalue weighted by Crippen LogP contribution is -1.90. The molecule has 0 aliphatic carbocycles. The van der Waals surface area contributed by atoms with Gasteiger partial charge < -0.3 is 0 Å². The zero-order valence-corrected chi connectivity index (χ0v) is 11.8. The second-order valence-electron chi connectivity index (χ2n) is 3.42. The Hall–Kier alpha value is -0.800. The van der Waals surface area contributed by atoms with E-state index in [1.54, 1.807) is 24.3 Å². The summed E-state index contributed by atoms with van der Waals surface area (Å²) in [7, 11) is 0. The van der Waals surface area contributed by atoms with Gasteiger partial charge in [0.15, 0.2) is 6.29 Å². The van der Waals surface area contributed by atoms with Crippen LogP contribution in [0.5, 0.6) is 0 Å². The summed E-state index contributed by atoms with van der Waals surface area (Å²) in [6.07, 6.45) is 0.617. The molecule has 1 aromatic carbocycles. The number of hydrogen-bond donors (Lipinski definition) is 0. The molecule has 6 heteroatoms. The smallest absolute Gasteiger partial charge is 0.168 e. The summed E-state index contributed by atoms with van der Waals surface area (Å²) < 4.78 is 0. The van der Waals surface area contributed by atoms with Gasteiger partial charge in [0.25, 0.3) is 0 Å². The lowest BCUT2D eigenvalue weighted by molar-refractivity contribution is 0.111. The molecule has 0 saturated heterocycles. The third kappa shape index (κ3) is 2.47. The third-order valence-electron chi connectivity index (χ3n) is 2.32. The van der Waals surface area contributed by atoms with Crippen molar-refractivity contribution in [1.82, 2.24) is 4.98 Å². The summed E-state index contributed by atoms with van der Waals surface area (Å²) >= 11 is 23.9. The van der Waals surface area contributed by atoms with Crippen LogP contribution in [0.3, 0.4) is 0 Å². The van der Waals surface area contributed by atoms with Crippen LogP contribution in [0.25, 0.3) is 11.1 Å². The molecule has 2 nitrogen and oxygen atoms in total. The molecule has 1 aromatic heterocycles. The first-order valence-corrected chi connectivity index (χ1v) is 6.31. The molecule has 0 N–H and O–H groups in total. The third-order valence-corrected chi connectivity index (χ3v) is 3.90. The molecule has 0 bridgehead atoms. The molecular formula is C12H5Cl4NO. The molecule has 0 saturated carbocycles. The van der Waals surface area contributed by atoms with Gasteiger partial charge in [-0.1, -0.05) is 52.5 Å². The van der Waals surface area contributed by atoms with Crippen LogP contribution in [-0.4, -0.2) is 11.3 Å². The Morgan fingerprint density at radius 2 is 1.56 bits per heavy atom. The van der Waals surface area contributed by atoms with Crippen LogP contribution >= 0.6 is 46.4 Å². The number of halogens is 4. The van der Waals surface area contributed by atoms with Crippen LogP contribution in [0.15, 0.2) is 24.3 Å². The molecular weight excluding hydrogens is 316 g/mol. The monoisotopic (exact) mass is 319 g/mol. The Morgan fingerprint density at radius 3 is 2.17 bits per heavy atom. The summed E-state index contributed by atoms with van der Waals surface area (Å²) in [6.45, 7) is 0. The Balaban J connectivity index is 2.62. The fraction of sp³-hybridized carbons (Fsp3) is 0. The number of rotatable bonds is 2. The largest absolute Gasteiger partial charge is 0.296 e. The highest BCUT2D eigenvalue weighted by Crippen LogP contribution is 2.39. The number of hydrogen-bond acceptors (Lipinski definition) is 2. The van der Waals surface area contributed by atoms with E-state index < -0.39 is 0 Å². The highest BCUT2D eigenvalue weighted by atomic mass is 35.5. The lowest BCUT2D eigenvalue weighted by Gasteiger charge is -2.08. The van der Waals surface area contributed by atoms with Crippen LogP contribution in [0.1, 0.15) is 10.5 Å². The van der Waals surface area contributed by atoms with Crippen molar-refractivity contribution in [1.29, 1.82) is 0 Å². The summed E-state index contributed by atoms with van der Waals surface area (Å²) in [6, 6.07) is 6.52. The lowest BCUT2D eigenvalue weighted by atomic mass is 10.1. The molecule has 0 aliphatic heterocycles. The predicted molar refractivity (Wildman–Crippen MR) is 75.1 cm³/mol. The second-order valence-corrected chi connectivity index (χ2v) is 4.94. The number of pyridine rings is 1. The maximum Gasteiger partial charge on any atom is 0.168 e. The Morgan fingerprint density at radius 1 is 0.889 bits per heavy atom. The van der Waals surface area contributed by atoms with Crippen molar-refractivity contribution in [2.75, 3.05) is 0 Å². The topological polar surface area (TPSA) is 30.0 Å². The molecule has 0 fully saturated rings. The summed E-state index contributed by atoms with van der Waals surface area (Å²) in [5, 5.41) is 1.09. The average Bonchev–Trinajstić information content (AvgIpc) is 2.37. The van der Waals surface area contributed by atoms with E-state index in [0.717, 1.165) is 0 Å². The SMILES string of the molecule is O=Cc1ccc(-c2ccc(Cl)c(Cl)c2Cl)c(Cl)n1. The first-order chi connectivity index (χ1) is 8.54. The first kappa shape index (κ1) is 13.6. The van der Waals surface area contributed by atoms with Gasteiger partial charge in [-0.05, 0) is 18.2 Å². The predicted octanol–water partition coefficient (Wildman–Crippen LogP) is 5.17. The minimum atomic E-state index is 0.180. The van der Waals surface area contributed by atoms with Crippen LogP contribution in [0.4, 0.5) is 0 Å². The number of aromatic nitrogens is 1. The van der Waals surface area contributed by atoms with Gasteiger partial charge in [-0.3, -0.25) is 4.79 Å². The van der Waals surface area contributed by atoms with E-state index in [-0.39, 0.29) is 15.9 Å². The molecule has 18 heavy (non-hydrogen) atoms. The van der Waals surface area contributed by atoms with Gasteiger partial charge in [-0.25, -0.2) is 4.98 Å². The van der Waals surface area contributed by atoms with E-state index in [1.807, 2.05) is 0 Å². The van der Waals surface area contributed by atoms with Crippen molar-refractivity contribution in [2.24, 2.45) is 0 Å². The summed E-state index contributed by atoms with van der Waals surface area (Å²) in [5.74, 6) is 0.